The van der Waals surface area contributed by atoms with Gasteiger partial charge in [-0.3, -0.25) is 0 Å². The number of urea groups is 1. The van der Waals surface area contributed by atoms with Crippen LogP contribution in [0, 0.1) is 0 Å². The van der Waals surface area contributed by atoms with Crippen LogP contribution in [0.15, 0.2) is 24.3 Å². The van der Waals surface area contributed by atoms with E-state index in [0.717, 1.165) is 5.69 Å². The van der Waals surface area contributed by atoms with Crippen molar-refractivity contribution < 1.29 is 19.8 Å². The van der Waals surface area contributed by atoms with Gasteiger partial charge in [-0.15, -0.1) is 0 Å². The number of aliphatic hydroxyl groups excluding tert-OH is 1. The van der Waals surface area contributed by atoms with Crippen LogP contribution in [0.3, 0.4) is 0 Å². The summed E-state index contributed by atoms with van der Waals surface area (Å²) in [6.07, 6.45) is 0. The Morgan fingerprint density at radius 3 is 2.58 bits per heavy atom. The highest BCUT2D eigenvalue weighted by atomic mass is 16.4. The minimum absolute atomic E-state index is 0.533. The molecule has 0 fully saturated rings. The number of aliphatic carboxylic acids is 1. The SMILES string of the molecule is CN(C)c1cccc(NC(=O)N[C@@H](CO)C(=O)O)c1. The Hall–Kier alpha value is -2.28. The number of carbonyl (C=O) groups excluding carboxylic acids is 1. The van der Waals surface area contributed by atoms with Crippen molar-refractivity contribution in [1.82, 2.24) is 5.32 Å². The van der Waals surface area contributed by atoms with Crippen LogP contribution in [0.4, 0.5) is 16.2 Å². The van der Waals surface area contributed by atoms with Gasteiger partial charge in [0.15, 0.2) is 6.04 Å². The van der Waals surface area contributed by atoms with Gasteiger partial charge < -0.3 is 25.7 Å². The van der Waals surface area contributed by atoms with Gasteiger partial charge in [-0.1, -0.05) is 6.07 Å². The lowest BCUT2D eigenvalue weighted by molar-refractivity contribution is -0.140. The van der Waals surface area contributed by atoms with E-state index in [-0.39, 0.29) is 0 Å². The molecule has 0 heterocycles. The van der Waals surface area contributed by atoms with Crippen molar-refractivity contribution in [2.75, 3.05) is 30.9 Å². The van der Waals surface area contributed by atoms with E-state index in [9.17, 15) is 9.59 Å². The van der Waals surface area contributed by atoms with E-state index in [1.807, 2.05) is 25.1 Å². The van der Waals surface area contributed by atoms with Crippen molar-refractivity contribution in [3.8, 4) is 0 Å². The van der Waals surface area contributed by atoms with Gasteiger partial charge in [-0.05, 0) is 18.2 Å². The number of hydrogen-bond acceptors (Lipinski definition) is 4. The lowest BCUT2D eigenvalue weighted by Crippen LogP contribution is -2.45. The molecule has 0 bridgehead atoms. The van der Waals surface area contributed by atoms with Gasteiger partial charge >= 0.3 is 12.0 Å². The molecule has 19 heavy (non-hydrogen) atoms. The number of amides is 2. The van der Waals surface area contributed by atoms with E-state index in [0.29, 0.717) is 5.69 Å². The number of hydrogen-bond donors (Lipinski definition) is 4. The van der Waals surface area contributed by atoms with Crippen LogP contribution in [-0.4, -0.2) is 49.0 Å². The number of anilines is 2. The van der Waals surface area contributed by atoms with E-state index in [2.05, 4.69) is 10.6 Å². The van der Waals surface area contributed by atoms with Crippen molar-refractivity contribution in [2.24, 2.45) is 0 Å². The topological polar surface area (TPSA) is 102 Å². The third-order valence-corrected chi connectivity index (χ3v) is 2.41. The van der Waals surface area contributed by atoms with Gasteiger partial charge in [-0.2, -0.15) is 0 Å². The minimum atomic E-state index is -1.32. The van der Waals surface area contributed by atoms with Crippen LogP contribution in [0.5, 0.6) is 0 Å². The maximum Gasteiger partial charge on any atom is 0.328 e. The highest BCUT2D eigenvalue weighted by Crippen LogP contribution is 2.16. The van der Waals surface area contributed by atoms with Crippen LogP contribution < -0.4 is 15.5 Å². The lowest BCUT2D eigenvalue weighted by Gasteiger charge is -2.15. The fraction of sp³-hybridized carbons (Fsp3) is 0.333. The van der Waals surface area contributed by atoms with E-state index in [1.165, 1.54) is 0 Å². The Bertz CT molecular complexity index is 462. The largest absolute Gasteiger partial charge is 0.480 e. The van der Waals surface area contributed by atoms with Gasteiger partial charge in [0.1, 0.15) is 0 Å². The third kappa shape index (κ3) is 4.47. The standard InChI is InChI=1S/C12H17N3O4/c1-15(2)9-5-3-4-8(6-9)13-12(19)14-10(7-16)11(17)18/h3-6,10,16H,7H2,1-2H3,(H,17,18)(H2,13,14,19)/t10-/m0/s1. The molecule has 1 aromatic carbocycles. The number of carboxylic acid groups (broad SMARTS) is 1. The Morgan fingerprint density at radius 1 is 1.37 bits per heavy atom. The molecule has 7 heteroatoms. The summed E-state index contributed by atoms with van der Waals surface area (Å²) in [4.78, 5) is 24.1. The quantitative estimate of drug-likeness (QED) is 0.615. The van der Waals surface area contributed by atoms with Crippen molar-refractivity contribution in [1.29, 1.82) is 0 Å². The molecular formula is C12H17N3O4. The zero-order valence-electron chi connectivity index (χ0n) is 10.8. The molecule has 1 atom stereocenters. The zero-order valence-corrected chi connectivity index (χ0v) is 10.8. The van der Waals surface area contributed by atoms with Crippen molar-refractivity contribution >= 4 is 23.4 Å². The smallest absolute Gasteiger partial charge is 0.328 e. The van der Waals surface area contributed by atoms with E-state index in [1.54, 1.807) is 18.2 Å². The van der Waals surface area contributed by atoms with E-state index in [4.69, 9.17) is 10.2 Å². The summed E-state index contributed by atoms with van der Waals surface area (Å²) in [5.74, 6) is -1.29. The number of carbonyl (C=O) groups is 2. The Balaban J connectivity index is 2.66. The molecule has 0 spiro atoms. The Kier molecular flexibility index (Phi) is 5.13. The number of benzene rings is 1. The lowest BCUT2D eigenvalue weighted by atomic mass is 10.2. The summed E-state index contributed by atoms with van der Waals surface area (Å²) in [5, 5.41) is 22.2. The number of carboxylic acids is 1. The molecule has 0 aliphatic rings. The average Bonchev–Trinajstić information content (AvgIpc) is 2.35. The molecular weight excluding hydrogens is 250 g/mol. The maximum absolute atomic E-state index is 11.6. The van der Waals surface area contributed by atoms with Crippen LogP contribution >= 0.6 is 0 Å². The fourth-order valence-electron chi connectivity index (χ4n) is 1.37. The number of nitrogens with zero attached hydrogens (tertiary/aromatic N) is 1. The first-order valence-corrected chi connectivity index (χ1v) is 5.62. The number of aliphatic hydroxyl groups is 1. The van der Waals surface area contributed by atoms with Crippen molar-refractivity contribution in [2.45, 2.75) is 6.04 Å². The van der Waals surface area contributed by atoms with Crippen LogP contribution in [-0.2, 0) is 4.79 Å². The predicted octanol–water partition coefficient (Wildman–Crippen LogP) is 0.320. The average molecular weight is 267 g/mol. The molecule has 1 aromatic rings. The second-order valence-electron chi connectivity index (χ2n) is 4.12. The maximum atomic E-state index is 11.6. The summed E-state index contributed by atoms with van der Waals surface area (Å²) >= 11 is 0. The first-order valence-electron chi connectivity index (χ1n) is 5.62. The molecule has 2 amide bonds. The number of rotatable bonds is 5. The zero-order chi connectivity index (χ0) is 14.4. The summed E-state index contributed by atoms with van der Waals surface area (Å²) in [6.45, 7) is -0.666. The summed E-state index contributed by atoms with van der Waals surface area (Å²) in [5.41, 5.74) is 1.43. The molecule has 7 nitrogen and oxygen atoms in total. The molecule has 104 valence electrons. The van der Waals surface area contributed by atoms with Crippen molar-refractivity contribution in [3.05, 3.63) is 24.3 Å². The van der Waals surface area contributed by atoms with Gasteiger partial charge in [0.05, 0.1) is 6.61 Å². The molecule has 0 unspecified atom stereocenters. The minimum Gasteiger partial charge on any atom is -0.480 e. The van der Waals surface area contributed by atoms with E-state index >= 15 is 0 Å². The van der Waals surface area contributed by atoms with Gasteiger partial charge in [0.25, 0.3) is 0 Å². The van der Waals surface area contributed by atoms with Crippen molar-refractivity contribution in [3.63, 3.8) is 0 Å². The predicted molar refractivity (Wildman–Crippen MR) is 71.4 cm³/mol. The second-order valence-corrected chi connectivity index (χ2v) is 4.12. The fourth-order valence-corrected chi connectivity index (χ4v) is 1.37. The monoisotopic (exact) mass is 267 g/mol. The van der Waals surface area contributed by atoms with Crippen LogP contribution in [0.1, 0.15) is 0 Å². The molecule has 4 N–H and O–H groups in total. The highest BCUT2D eigenvalue weighted by molar-refractivity contribution is 5.92. The first kappa shape index (κ1) is 14.8. The summed E-state index contributed by atoms with van der Waals surface area (Å²) in [7, 11) is 3.73. The molecule has 0 saturated heterocycles. The van der Waals surface area contributed by atoms with E-state index < -0.39 is 24.6 Å². The van der Waals surface area contributed by atoms with Gasteiger partial charge in [0, 0.05) is 25.5 Å². The molecule has 0 aromatic heterocycles. The van der Waals surface area contributed by atoms with Crippen LogP contribution in [0.25, 0.3) is 0 Å². The van der Waals surface area contributed by atoms with Crippen LogP contribution in [0.2, 0.25) is 0 Å². The second kappa shape index (κ2) is 6.60. The first-order chi connectivity index (χ1) is 8.93. The number of nitrogens with one attached hydrogen (secondary N) is 2. The normalized spacial score (nSPS) is 11.5. The molecule has 1 rings (SSSR count). The highest BCUT2D eigenvalue weighted by Gasteiger charge is 2.18. The summed E-state index contributed by atoms with van der Waals surface area (Å²) < 4.78 is 0. The Morgan fingerprint density at radius 2 is 2.05 bits per heavy atom. The van der Waals surface area contributed by atoms with Gasteiger partial charge in [-0.25, -0.2) is 9.59 Å². The molecule has 0 aliphatic carbocycles. The van der Waals surface area contributed by atoms with Gasteiger partial charge in [0.2, 0.25) is 0 Å². The molecule has 0 aliphatic heterocycles. The summed E-state index contributed by atoms with van der Waals surface area (Å²) in [6, 6.07) is 5.06. The molecule has 0 radical (unpaired) electrons. The Labute approximate surface area is 110 Å². The molecule has 0 saturated carbocycles. The third-order valence-electron chi connectivity index (χ3n) is 2.41.